The van der Waals surface area contributed by atoms with E-state index in [-0.39, 0.29) is 0 Å². The Morgan fingerprint density at radius 1 is 1.00 bits per heavy atom. The highest BCUT2D eigenvalue weighted by molar-refractivity contribution is 5.71. The molecule has 0 radical (unpaired) electrons. The monoisotopic (exact) mass is 427 g/mol. The molecule has 0 unspecified atom stereocenters. The van der Waals surface area contributed by atoms with Crippen molar-refractivity contribution in [2.45, 2.75) is 25.7 Å². The summed E-state index contributed by atoms with van der Waals surface area (Å²) < 4.78 is 65.0. The van der Waals surface area contributed by atoms with E-state index in [1.54, 1.807) is 12.3 Å². The first-order valence-corrected chi connectivity index (χ1v) is 9.27. The second-order valence-corrected chi connectivity index (χ2v) is 6.93. The number of pyridine rings is 1. The fraction of sp³-hybridized carbons (Fsp3) is 0.444. The molecular weight excluding hydrogens is 409 g/mol. The predicted molar refractivity (Wildman–Crippen MR) is 98.1 cm³/mol. The molecular formula is C18H18F5N7. The summed E-state index contributed by atoms with van der Waals surface area (Å²) in [7, 11) is 0. The fourth-order valence-corrected chi connectivity index (χ4v) is 3.35. The first-order chi connectivity index (χ1) is 14.3. The van der Waals surface area contributed by atoms with Crippen LogP contribution in [0.3, 0.4) is 0 Å². The van der Waals surface area contributed by atoms with Crippen LogP contribution in [-0.4, -0.2) is 62.2 Å². The molecule has 1 fully saturated rings. The highest BCUT2D eigenvalue weighted by Crippen LogP contribution is 2.27. The molecule has 4 heterocycles. The Balaban J connectivity index is 1.41. The van der Waals surface area contributed by atoms with Crippen LogP contribution in [0.1, 0.15) is 11.4 Å². The Labute approximate surface area is 168 Å². The second-order valence-electron chi connectivity index (χ2n) is 6.93. The molecule has 4 rings (SSSR count). The zero-order valence-electron chi connectivity index (χ0n) is 15.7. The zero-order chi connectivity index (χ0) is 21.3. The number of rotatable bonds is 5. The van der Waals surface area contributed by atoms with E-state index in [0.717, 1.165) is 10.7 Å². The van der Waals surface area contributed by atoms with Gasteiger partial charge in [0.15, 0.2) is 5.65 Å². The number of fused-ring (bicyclic) bond motifs is 1. The number of aromatic nitrogens is 5. The Morgan fingerprint density at radius 2 is 1.77 bits per heavy atom. The van der Waals surface area contributed by atoms with Gasteiger partial charge in [0.1, 0.15) is 23.6 Å². The van der Waals surface area contributed by atoms with Crippen LogP contribution in [0, 0.1) is 0 Å². The second kappa shape index (κ2) is 8.09. The summed E-state index contributed by atoms with van der Waals surface area (Å²) in [5.41, 5.74) is 0.190. The van der Waals surface area contributed by atoms with Gasteiger partial charge >= 0.3 is 6.18 Å². The maximum absolute atomic E-state index is 12.8. The minimum Gasteiger partial charge on any atom is -0.353 e. The summed E-state index contributed by atoms with van der Waals surface area (Å²) in [6.45, 7) is 2.08. The maximum Gasteiger partial charge on any atom is 0.433 e. The van der Waals surface area contributed by atoms with Crippen LogP contribution in [0.2, 0.25) is 0 Å². The molecule has 1 aliphatic heterocycles. The normalized spacial score (nSPS) is 16.0. The number of alkyl halides is 5. The van der Waals surface area contributed by atoms with Gasteiger partial charge < -0.3 is 4.90 Å². The van der Waals surface area contributed by atoms with Crippen LogP contribution < -0.4 is 4.90 Å². The number of halogens is 5. The molecule has 0 bridgehead atoms. The Kier molecular flexibility index (Phi) is 5.50. The SMILES string of the molecule is FC(F)Cn1ncc2ncc(N3CCN(Cc4cccc(C(F)(F)F)n4)CC3)nc21. The van der Waals surface area contributed by atoms with Crippen LogP contribution in [-0.2, 0) is 19.3 Å². The van der Waals surface area contributed by atoms with Crippen LogP contribution in [0.25, 0.3) is 11.2 Å². The van der Waals surface area contributed by atoms with E-state index < -0.39 is 24.8 Å². The Morgan fingerprint density at radius 3 is 2.47 bits per heavy atom. The molecule has 0 N–H and O–H groups in total. The topological polar surface area (TPSA) is 63.0 Å². The highest BCUT2D eigenvalue weighted by atomic mass is 19.4. The van der Waals surface area contributed by atoms with Gasteiger partial charge in [-0.05, 0) is 12.1 Å². The first-order valence-electron chi connectivity index (χ1n) is 9.27. The van der Waals surface area contributed by atoms with Crippen molar-refractivity contribution in [3.63, 3.8) is 0 Å². The molecule has 3 aromatic heterocycles. The van der Waals surface area contributed by atoms with Gasteiger partial charge in [0.05, 0.1) is 18.1 Å². The van der Waals surface area contributed by atoms with E-state index in [1.807, 2.05) is 9.80 Å². The maximum atomic E-state index is 12.8. The van der Waals surface area contributed by atoms with E-state index in [9.17, 15) is 22.0 Å². The van der Waals surface area contributed by atoms with E-state index >= 15 is 0 Å². The van der Waals surface area contributed by atoms with Gasteiger partial charge in [-0.1, -0.05) is 6.07 Å². The number of hydrogen-bond donors (Lipinski definition) is 0. The lowest BCUT2D eigenvalue weighted by molar-refractivity contribution is -0.141. The summed E-state index contributed by atoms with van der Waals surface area (Å²) in [5.74, 6) is 0.551. The van der Waals surface area contributed by atoms with Crippen molar-refractivity contribution in [2.24, 2.45) is 0 Å². The van der Waals surface area contributed by atoms with Gasteiger partial charge in [0.2, 0.25) is 0 Å². The van der Waals surface area contributed by atoms with Crippen molar-refractivity contribution in [1.29, 1.82) is 0 Å². The number of piperazine rings is 1. The van der Waals surface area contributed by atoms with E-state index in [2.05, 4.69) is 20.1 Å². The fourth-order valence-electron chi connectivity index (χ4n) is 3.35. The Hall–Kier alpha value is -2.89. The molecule has 0 atom stereocenters. The summed E-state index contributed by atoms with van der Waals surface area (Å²) in [6.07, 6.45) is -4.05. The molecule has 30 heavy (non-hydrogen) atoms. The average Bonchev–Trinajstić information content (AvgIpc) is 3.10. The summed E-state index contributed by atoms with van der Waals surface area (Å²) in [6, 6.07) is 3.88. The largest absolute Gasteiger partial charge is 0.433 e. The van der Waals surface area contributed by atoms with Gasteiger partial charge in [0.25, 0.3) is 6.43 Å². The van der Waals surface area contributed by atoms with Gasteiger partial charge in [-0.15, -0.1) is 0 Å². The van der Waals surface area contributed by atoms with Gasteiger partial charge in [-0.2, -0.15) is 18.3 Å². The number of anilines is 1. The summed E-state index contributed by atoms with van der Waals surface area (Å²) in [5, 5.41) is 3.90. The summed E-state index contributed by atoms with van der Waals surface area (Å²) in [4.78, 5) is 16.3. The molecule has 0 spiro atoms. The lowest BCUT2D eigenvalue weighted by atomic mass is 10.2. The molecule has 3 aromatic rings. The third kappa shape index (κ3) is 4.48. The number of hydrogen-bond acceptors (Lipinski definition) is 6. The first kappa shape index (κ1) is 20.4. The van der Waals surface area contributed by atoms with Crippen molar-refractivity contribution >= 4 is 17.0 Å². The van der Waals surface area contributed by atoms with Gasteiger partial charge in [0, 0.05) is 32.7 Å². The van der Waals surface area contributed by atoms with E-state index in [0.29, 0.717) is 55.4 Å². The quantitative estimate of drug-likeness (QED) is 0.584. The third-order valence-electron chi connectivity index (χ3n) is 4.82. The minimum atomic E-state index is -4.47. The Bertz CT molecular complexity index is 1010. The van der Waals surface area contributed by atoms with Crippen molar-refractivity contribution < 1.29 is 22.0 Å². The molecule has 1 saturated heterocycles. The van der Waals surface area contributed by atoms with Crippen LogP contribution >= 0.6 is 0 Å². The van der Waals surface area contributed by atoms with Crippen molar-refractivity contribution in [3.05, 3.63) is 42.0 Å². The predicted octanol–water partition coefficient (Wildman–Crippen LogP) is 2.83. The highest BCUT2D eigenvalue weighted by Gasteiger charge is 2.32. The van der Waals surface area contributed by atoms with Gasteiger partial charge in [-0.25, -0.2) is 28.4 Å². The third-order valence-corrected chi connectivity index (χ3v) is 4.82. The zero-order valence-corrected chi connectivity index (χ0v) is 15.7. The molecule has 0 aliphatic carbocycles. The lowest BCUT2D eigenvalue weighted by Gasteiger charge is -2.35. The van der Waals surface area contributed by atoms with Crippen LogP contribution in [0.15, 0.2) is 30.6 Å². The minimum absolute atomic E-state index is 0.295. The molecule has 0 saturated carbocycles. The standard InChI is InChI=1S/C18H18F5N7/c19-15(20)11-30-17-13(8-25-30)24-9-16(27-17)29-6-4-28(5-7-29)10-12-2-1-3-14(26-12)18(21,22)23/h1-3,8-9,15H,4-7,10-11H2. The molecule has 0 aromatic carbocycles. The van der Waals surface area contributed by atoms with E-state index in [1.165, 1.54) is 12.3 Å². The van der Waals surface area contributed by atoms with E-state index in [4.69, 9.17) is 0 Å². The van der Waals surface area contributed by atoms with Crippen LogP contribution in [0.5, 0.6) is 0 Å². The lowest BCUT2D eigenvalue weighted by Crippen LogP contribution is -2.46. The molecule has 7 nitrogen and oxygen atoms in total. The molecule has 1 aliphatic rings. The molecule has 160 valence electrons. The molecule has 12 heteroatoms. The average molecular weight is 427 g/mol. The van der Waals surface area contributed by atoms with Crippen molar-refractivity contribution in [2.75, 3.05) is 31.1 Å². The van der Waals surface area contributed by atoms with Crippen LogP contribution in [0.4, 0.5) is 27.8 Å². The van der Waals surface area contributed by atoms with Crippen molar-refractivity contribution in [1.82, 2.24) is 29.6 Å². The summed E-state index contributed by atoms with van der Waals surface area (Å²) >= 11 is 0. The van der Waals surface area contributed by atoms with Gasteiger partial charge in [-0.3, -0.25) is 4.90 Å². The number of nitrogens with zero attached hydrogens (tertiary/aromatic N) is 7. The molecule has 0 amide bonds. The smallest absolute Gasteiger partial charge is 0.353 e. The van der Waals surface area contributed by atoms with Crippen molar-refractivity contribution in [3.8, 4) is 0 Å².